The number of morpholine rings is 1. The van der Waals surface area contributed by atoms with Crippen LogP contribution in [0.15, 0.2) is 59.0 Å². The number of alkyl halides is 3. The maximum absolute atomic E-state index is 13.5. The minimum atomic E-state index is -4.62. The molecule has 0 amide bonds. The second-order valence-electron chi connectivity index (χ2n) is 9.10. The van der Waals surface area contributed by atoms with Gasteiger partial charge in [0.2, 0.25) is 5.01 Å². The third-order valence-corrected chi connectivity index (χ3v) is 7.71. The Balaban J connectivity index is 1.29. The third-order valence-electron chi connectivity index (χ3n) is 6.54. The van der Waals surface area contributed by atoms with Gasteiger partial charge in [0.25, 0.3) is 5.89 Å². The van der Waals surface area contributed by atoms with E-state index in [2.05, 4.69) is 20.5 Å². The monoisotopic (exact) mass is 556 g/mol. The molecule has 2 aromatic heterocycles. The lowest BCUT2D eigenvalue weighted by molar-refractivity contribution is -0.137. The summed E-state index contributed by atoms with van der Waals surface area (Å²) in [4.78, 5) is 20.9. The molecule has 13 heteroatoms. The quantitative estimate of drug-likeness (QED) is 0.372. The lowest BCUT2D eigenvalue weighted by Gasteiger charge is -2.27. The van der Waals surface area contributed by atoms with Crippen LogP contribution in [0.2, 0.25) is 0 Å². The molecule has 1 saturated heterocycles. The van der Waals surface area contributed by atoms with Crippen molar-refractivity contribution in [2.45, 2.75) is 18.6 Å². The number of hydrogen-bond donors (Lipinski definition) is 1. The standard InChI is InChI=1S/C26H23F3N6O3S/c27-26(28,29)24-31-21(23(39-24)34-10-12-37-13-11-34)22-32-33-25(38-22)30-18-15-35(17-7-2-1-3-8-17)19-9-5-4-6-16(19)14-20(18)36/h1-9,18H,10-15H2,(H,30,33)/t18-/m0/s1. The number of nitrogens with zero attached hydrogens (tertiary/aromatic N) is 5. The smallest absolute Gasteiger partial charge is 0.402 e. The Morgan fingerprint density at radius 1 is 1.00 bits per heavy atom. The highest BCUT2D eigenvalue weighted by atomic mass is 32.1. The van der Waals surface area contributed by atoms with Gasteiger partial charge in [0.1, 0.15) is 11.0 Å². The number of nitrogens with one attached hydrogen (secondary N) is 1. The van der Waals surface area contributed by atoms with Gasteiger partial charge in [-0.05, 0) is 23.8 Å². The molecular weight excluding hydrogens is 533 g/mol. The largest absolute Gasteiger partial charge is 0.443 e. The van der Waals surface area contributed by atoms with E-state index in [1.54, 1.807) is 4.90 Å². The molecule has 0 spiro atoms. The summed E-state index contributed by atoms with van der Waals surface area (Å²) in [5, 5.41) is 10.3. The number of Topliss-reactive ketones (excluding diaryl/α,β-unsaturated/α-hetero) is 1. The van der Waals surface area contributed by atoms with Crippen molar-refractivity contribution in [2.75, 3.05) is 48.0 Å². The third kappa shape index (κ3) is 5.19. The molecule has 202 valence electrons. The average Bonchev–Trinajstić information content (AvgIpc) is 3.57. The highest BCUT2D eigenvalue weighted by Crippen LogP contribution is 2.42. The van der Waals surface area contributed by atoms with Crippen molar-refractivity contribution in [3.63, 3.8) is 0 Å². The number of fused-ring (bicyclic) bond motifs is 1. The topological polar surface area (TPSA) is 96.6 Å². The van der Waals surface area contributed by atoms with Crippen LogP contribution < -0.4 is 15.1 Å². The predicted molar refractivity (Wildman–Crippen MR) is 139 cm³/mol. The molecule has 9 nitrogen and oxygen atoms in total. The Labute approximate surface area is 225 Å². The van der Waals surface area contributed by atoms with E-state index in [0.717, 1.165) is 16.9 Å². The summed E-state index contributed by atoms with van der Waals surface area (Å²) >= 11 is 0.532. The lowest BCUT2D eigenvalue weighted by Crippen LogP contribution is -2.39. The van der Waals surface area contributed by atoms with E-state index in [1.807, 2.05) is 59.5 Å². The van der Waals surface area contributed by atoms with E-state index in [0.29, 0.717) is 37.6 Å². The number of hydrogen-bond acceptors (Lipinski definition) is 10. The Kier molecular flexibility index (Phi) is 6.69. The Hall–Kier alpha value is -3.97. The second kappa shape index (κ2) is 10.3. The van der Waals surface area contributed by atoms with Gasteiger partial charge < -0.3 is 24.3 Å². The van der Waals surface area contributed by atoms with E-state index in [9.17, 15) is 18.0 Å². The highest BCUT2D eigenvalue weighted by molar-refractivity contribution is 7.16. The molecule has 0 unspecified atom stereocenters. The first-order chi connectivity index (χ1) is 18.9. The van der Waals surface area contributed by atoms with Crippen LogP contribution in [0.25, 0.3) is 11.6 Å². The zero-order valence-corrected chi connectivity index (χ0v) is 21.3. The van der Waals surface area contributed by atoms with Gasteiger partial charge in [-0.3, -0.25) is 4.79 Å². The number of ketones is 1. The zero-order chi connectivity index (χ0) is 27.0. The number of rotatable bonds is 5. The van der Waals surface area contributed by atoms with E-state index in [4.69, 9.17) is 9.15 Å². The first-order valence-electron chi connectivity index (χ1n) is 12.3. The molecule has 4 heterocycles. The van der Waals surface area contributed by atoms with Crippen molar-refractivity contribution in [3.05, 3.63) is 65.2 Å². The summed E-state index contributed by atoms with van der Waals surface area (Å²) in [5.74, 6) is -0.238. The molecule has 0 radical (unpaired) electrons. The van der Waals surface area contributed by atoms with Crippen LogP contribution in [0.3, 0.4) is 0 Å². The summed E-state index contributed by atoms with van der Waals surface area (Å²) < 4.78 is 51.7. The number of halogens is 3. The number of anilines is 4. The second-order valence-corrected chi connectivity index (χ2v) is 10.1. The molecule has 2 aliphatic rings. The van der Waals surface area contributed by atoms with Gasteiger partial charge in [-0.2, -0.15) is 13.2 Å². The van der Waals surface area contributed by atoms with Crippen LogP contribution in [0, 0.1) is 0 Å². The fourth-order valence-electron chi connectivity index (χ4n) is 4.68. The predicted octanol–water partition coefficient (Wildman–Crippen LogP) is 4.79. The van der Waals surface area contributed by atoms with Crippen LogP contribution in [-0.2, 0) is 22.1 Å². The normalized spacial score (nSPS) is 18.1. The summed E-state index contributed by atoms with van der Waals surface area (Å²) in [7, 11) is 0. The minimum absolute atomic E-state index is 0.0414. The van der Waals surface area contributed by atoms with E-state index in [1.165, 1.54) is 0 Å². The van der Waals surface area contributed by atoms with Gasteiger partial charge in [-0.15, -0.1) is 5.10 Å². The summed E-state index contributed by atoms with van der Waals surface area (Å²) in [6.45, 7) is 1.89. The number of carbonyl (C=O) groups excluding carboxylic acids is 1. The molecule has 4 aromatic rings. The summed E-state index contributed by atoms with van der Waals surface area (Å²) in [5.41, 5.74) is 2.68. The fourth-order valence-corrected chi connectivity index (χ4v) is 5.65. The van der Waals surface area contributed by atoms with Gasteiger partial charge in [0, 0.05) is 30.9 Å². The van der Waals surface area contributed by atoms with Gasteiger partial charge in [-0.1, -0.05) is 52.8 Å². The molecular formula is C26H23F3N6O3S. The Morgan fingerprint density at radius 2 is 1.74 bits per heavy atom. The van der Waals surface area contributed by atoms with Crippen molar-refractivity contribution in [3.8, 4) is 11.6 Å². The molecule has 0 bridgehead atoms. The number of para-hydroxylation sites is 2. The zero-order valence-electron chi connectivity index (χ0n) is 20.5. The van der Waals surface area contributed by atoms with Crippen LogP contribution in [0.5, 0.6) is 0 Å². The first kappa shape index (κ1) is 25.3. The molecule has 2 aliphatic heterocycles. The number of benzene rings is 2. The van der Waals surface area contributed by atoms with Crippen molar-refractivity contribution in [1.29, 1.82) is 0 Å². The summed E-state index contributed by atoms with van der Waals surface area (Å²) in [6.07, 6.45) is -4.42. The summed E-state index contributed by atoms with van der Waals surface area (Å²) in [6, 6.07) is 16.6. The molecule has 2 aromatic carbocycles. The van der Waals surface area contributed by atoms with Crippen molar-refractivity contribution in [2.24, 2.45) is 0 Å². The maximum atomic E-state index is 13.5. The van der Waals surface area contributed by atoms with Crippen LogP contribution >= 0.6 is 11.3 Å². The van der Waals surface area contributed by atoms with E-state index < -0.39 is 17.2 Å². The van der Waals surface area contributed by atoms with Gasteiger partial charge >= 0.3 is 12.2 Å². The lowest BCUT2D eigenvalue weighted by atomic mass is 10.0. The SMILES string of the molecule is O=C1Cc2ccccc2N(c2ccccc2)C[C@@H]1Nc1nnc(-c2nc(C(F)(F)F)sc2N2CCOCC2)o1. The molecule has 0 aliphatic carbocycles. The van der Waals surface area contributed by atoms with Crippen molar-refractivity contribution >= 4 is 39.5 Å². The number of aromatic nitrogens is 3. The van der Waals surface area contributed by atoms with Gasteiger partial charge in [0.15, 0.2) is 11.5 Å². The molecule has 1 fully saturated rings. The van der Waals surface area contributed by atoms with Gasteiger partial charge in [0.05, 0.1) is 19.8 Å². The molecule has 1 atom stereocenters. The van der Waals surface area contributed by atoms with E-state index >= 15 is 0 Å². The van der Waals surface area contributed by atoms with Crippen LogP contribution in [0.4, 0.5) is 35.6 Å². The number of ether oxygens (including phenoxy) is 1. The highest BCUT2D eigenvalue weighted by Gasteiger charge is 2.38. The Morgan fingerprint density at radius 3 is 2.51 bits per heavy atom. The van der Waals surface area contributed by atoms with Gasteiger partial charge in [-0.25, -0.2) is 4.98 Å². The van der Waals surface area contributed by atoms with Crippen LogP contribution in [-0.4, -0.2) is 59.9 Å². The fraction of sp³-hybridized carbons (Fsp3) is 0.308. The molecule has 1 N–H and O–H groups in total. The molecule has 6 rings (SSSR count). The molecule has 39 heavy (non-hydrogen) atoms. The van der Waals surface area contributed by atoms with Crippen LogP contribution in [0.1, 0.15) is 10.6 Å². The van der Waals surface area contributed by atoms with E-state index in [-0.39, 0.29) is 41.3 Å². The van der Waals surface area contributed by atoms with Crippen molar-refractivity contribution in [1.82, 2.24) is 15.2 Å². The Bertz CT molecular complexity index is 1470. The minimum Gasteiger partial charge on any atom is -0.402 e. The average molecular weight is 557 g/mol. The first-order valence-corrected chi connectivity index (χ1v) is 13.1. The molecule has 0 saturated carbocycles. The number of carbonyl (C=O) groups is 1. The maximum Gasteiger partial charge on any atom is 0.443 e. The van der Waals surface area contributed by atoms with Crippen molar-refractivity contribution < 1.29 is 27.1 Å². The number of thiazole rings is 1.